The first-order valence-electron chi connectivity index (χ1n) is 18.0. The summed E-state index contributed by atoms with van der Waals surface area (Å²) in [4.78, 5) is 57.7. The second kappa shape index (κ2) is 16.2. The van der Waals surface area contributed by atoms with Crippen molar-refractivity contribution < 1.29 is 29.0 Å². The van der Waals surface area contributed by atoms with Crippen LogP contribution in [-0.2, 0) is 27.9 Å². The molecule has 1 aliphatic rings. The number of pyridine rings is 1. The Morgan fingerprint density at radius 1 is 1.02 bits per heavy atom. The number of aliphatic carboxylic acids is 1. The van der Waals surface area contributed by atoms with E-state index in [1.807, 2.05) is 42.5 Å². The van der Waals surface area contributed by atoms with Crippen LogP contribution in [-0.4, -0.2) is 86.0 Å². The van der Waals surface area contributed by atoms with Gasteiger partial charge < -0.3 is 29.7 Å². The van der Waals surface area contributed by atoms with Crippen LogP contribution in [0.5, 0.6) is 5.88 Å². The number of carbonyl (C=O) groups is 3. The summed E-state index contributed by atoms with van der Waals surface area (Å²) < 4.78 is 14.3. The monoisotopic (exact) mass is 803 g/mol. The number of carboxylic acids is 1. The summed E-state index contributed by atoms with van der Waals surface area (Å²) in [6, 6.07) is 16.2. The highest BCUT2D eigenvalue weighted by Gasteiger charge is 2.29. The summed E-state index contributed by atoms with van der Waals surface area (Å²) in [7, 11) is 4.77. The molecule has 2 amide bonds. The lowest BCUT2D eigenvalue weighted by Crippen LogP contribution is -2.43. The summed E-state index contributed by atoms with van der Waals surface area (Å²) in [6.07, 6.45) is 2.10. The van der Waals surface area contributed by atoms with Crippen LogP contribution in [0.2, 0.25) is 10.0 Å². The first-order valence-corrected chi connectivity index (χ1v) is 18.7. The molecule has 1 aliphatic heterocycles. The molecule has 3 aromatic heterocycles. The van der Waals surface area contributed by atoms with Gasteiger partial charge in [-0.15, -0.1) is 5.10 Å². The largest absolute Gasteiger partial charge is 0.481 e. The molecule has 0 radical (unpaired) electrons. The zero-order valence-electron chi connectivity index (χ0n) is 31.9. The molecule has 5 aromatic rings. The normalized spacial score (nSPS) is 14.1. The predicted molar refractivity (Wildman–Crippen MR) is 214 cm³/mol. The van der Waals surface area contributed by atoms with Crippen molar-refractivity contribution in [2.45, 2.75) is 58.2 Å². The third kappa shape index (κ3) is 8.61. The molecule has 16 heteroatoms. The highest BCUT2D eigenvalue weighted by atomic mass is 35.5. The van der Waals surface area contributed by atoms with E-state index in [1.54, 1.807) is 63.0 Å². The van der Waals surface area contributed by atoms with E-state index >= 15 is 0 Å². The second-order valence-corrected chi connectivity index (χ2v) is 15.4. The van der Waals surface area contributed by atoms with Gasteiger partial charge in [-0.2, -0.15) is 0 Å². The molecule has 1 fully saturated rings. The topological polar surface area (TPSA) is 161 Å². The first kappa shape index (κ1) is 40.1. The van der Waals surface area contributed by atoms with Crippen molar-refractivity contribution in [1.29, 1.82) is 0 Å². The van der Waals surface area contributed by atoms with Crippen molar-refractivity contribution in [1.82, 2.24) is 29.4 Å². The summed E-state index contributed by atoms with van der Waals surface area (Å²) >= 11 is 14.2. The molecular weight excluding hydrogens is 761 g/mol. The highest BCUT2D eigenvalue weighted by molar-refractivity contribution is 6.39. The summed E-state index contributed by atoms with van der Waals surface area (Å²) in [6.45, 7) is 5.96. The van der Waals surface area contributed by atoms with Crippen LogP contribution >= 0.6 is 23.2 Å². The molecule has 0 spiro atoms. The maximum atomic E-state index is 13.4. The van der Waals surface area contributed by atoms with Gasteiger partial charge in [-0.3, -0.25) is 19.0 Å². The summed E-state index contributed by atoms with van der Waals surface area (Å²) in [5.74, 6) is -0.392. The summed E-state index contributed by atoms with van der Waals surface area (Å²) in [5, 5.41) is 17.4. The number of carbonyl (C=O) groups excluding carboxylic acids is 2. The number of carboxylic acid groups (broad SMARTS) is 1. The van der Waals surface area contributed by atoms with Crippen LogP contribution in [0.15, 0.2) is 65.6 Å². The molecule has 0 unspecified atom stereocenters. The Hall–Kier alpha value is -5.60. The minimum Gasteiger partial charge on any atom is -0.481 e. The standard InChI is InChI=1S/C40H43Cl2N7O7/c1-40(2,3)56-39(54)48(22-25-14-16-32(50)43-25)20-23-13-15-30(44-36(23)55-6)29-12-8-11-28(35(29)42)27-10-7-9-26(34(27)41)24-19-31-37(53)47(5)38(45-49(31)21-24)46(4)18-17-33(51)52/h7-13,15,19,21,25H,14,16-18,20,22H2,1-6H3,(H,43,50)(H,51,52)/t25-/m0/s1. The lowest BCUT2D eigenvalue weighted by molar-refractivity contribution is -0.136. The molecule has 294 valence electrons. The van der Waals surface area contributed by atoms with Crippen molar-refractivity contribution in [3.8, 4) is 39.4 Å². The third-order valence-electron chi connectivity index (χ3n) is 9.37. The molecule has 14 nitrogen and oxygen atoms in total. The van der Waals surface area contributed by atoms with Crippen molar-refractivity contribution in [2.24, 2.45) is 7.05 Å². The Morgan fingerprint density at radius 2 is 1.68 bits per heavy atom. The number of amides is 2. The molecule has 0 saturated carbocycles. The fourth-order valence-corrected chi connectivity index (χ4v) is 7.26. The number of ether oxygens (including phenoxy) is 2. The first-order chi connectivity index (χ1) is 26.5. The molecular formula is C40H43Cl2N7O7. The average Bonchev–Trinajstić information content (AvgIpc) is 3.77. The Bertz CT molecular complexity index is 2390. The van der Waals surface area contributed by atoms with Crippen molar-refractivity contribution in [3.05, 3.63) is 86.8 Å². The molecule has 2 aromatic carbocycles. The fourth-order valence-electron chi connectivity index (χ4n) is 6.60. The van der Waals surface area contributed by atoms with Crippen molar-refractivity contribution in [3.63, 3.8) is 0 Å². The van der Waals surface area contributed by atoms with Gasteiger partial charge in [0.25, 0.3) is 5.56 Å². The molecule has 6 rings (SSSR count). The van der Waals surface area contributed by atoms with E-state index in [-0.39, 0.29) is 43.6 Å². The zero-order chi connectivity index (χ0) is 40.5. The van der Waals surface area contributed by atoms with E-state index in [2.05, 4.69) is 10.4 Å². The van der Waals surface area contributed by atoms with Crippen LogP contribution in [0.4, 0.5) is 10.7 Å². The van der Waals surface area contributed by atoms with Gasteiger partial charge in [0.05, 0.1) is 35.8 Å². The molecule has 4 heterocycles. The minimum absolute atomic E-state index is 0.0487. The quantitative estimate of drug-likeness (QED) is 0.139. The average molecular weight is 805 g/mol. The van der Waals surface area contributed by atoms with E-state index in [4.69, 9.17) is 42.8 Å². The van der Waals surface area contributed by atoms with Gasteiger partial charge in [0, 0.05) is 79.2 Å². The Balaban J connectivity index is 1.31. The van der Waals surface area contributed by atoms with E-state index in [0.29, 0.717) is 79.3 Å². The molecule has 0 aliphatic carbocycles. The van der Waals surface area contributed by atoms with E-state index < -0.39 is 17.7 Å². The minimum atomic E-state index is -0.951. The van der Waals surface area contributed by atoms with E-state index in [1.165, 1.54) is 16.2 Å². The number of rotatable bonds is 12. The Morgan fingerprint density at radius 3 is 2.30 bits per heavy atom. The van der Waals surface area contributed by atoms with Crippen molar-refractivity contribution in [2.75, 3.05) is 32.1 Å². The number of methoxy groups -OCH3 is 1. The molecule has 56 heavy (non-hydrogen) atoms. The van der Waals surface area contributed by atoms with Crippen molar-refractivity contribution >= 4 is 52.6 Å². The number of aromatic nitrogens is 4. The molecule has 1 saturated heterocycles. The van der Waals surface area contributed by atoms with Gasteiger partial charge in [0.2, 0.25) is 17.7 Å². The van der Waals surface area contributed by atoms with Crippen LogP contribution in [0.1, 0.15) is 45.6 Å². The van der Waals surface area contributed by atoms with Gasteiger partial charge >= 0.3 is 12.1 Å². The number of benzene rings is 2. The van der Waals surface area contributed by atoms with Gasteiger partial charge in [-0.25, -0.2) is 14.3 Å². The van der Waals surface area contributed by atoms with Crippen LogP contribution in [0.25, 0.3) is 39.0 Å². The third-order valence-corrected chi connectivity index (χ3v) is 10.2. The number of fused-ring (bicyclic) bond motifs is 1. The number of hydrogen-bond donors (Lipinski definition) is 2. The van der Waals surface area contributed by atoms with Gasteiger partial charge in [-0.1, -0.05) is 59.6 Å². The van der Waals surface area contributed by atoms with Crippen LogP contribution < -0.4 is 20.5 Å². The lowest BCUT2D eigenvalue weighted by atomic mass is 9.97. The maximum absolute atomic E-state index is 13.4. The smallest absolute Gasteiger partial charge is 0.410 e. The SMILES string of the molecule is COc1nc(-c2cccc(-c3cccc(-c4cc5c(=O)n(C)c(N(C)CCC(=O)O)nn5c4)c3Cl)c2Cl)ccc1CN(C[C@@H]1CCC(=O)N1)C(=O)OC(C)(C)C. The van der Waals surface area contributed by atoms with Gasteiger partial charge in [0.15, 0.2) is 0 Å². The maximum Gasteiger partial charge on any atom is 0.410 e. The van der Waals surface area contributed by atoms with Gasteiger partial charge in [0.1, 0.15) is 11.1 Å². The lowest BCUT2D eigenvalue weighted by Gasteiger charge is -2.29. The van der Waals surface area contributed by atoms with E-state index in [9.17, 15) is 19.2 Å². The van der Waals surface area contributed by atoms with E-state index in [0.717, 1.165) is 0 Å². The number of nitrogens with zero attached hydrogens (tertiary/aromatic N) is 6. The summed E-state index contributed by atoms with van der Waals surface area (Å²) in [5.41, 5.74) is 3.68. The zero-order valence-corrected chi connectivity index (χ0v) is 33.4. The number of hydrogen-bond acceptors (Lipinski definition) is 9. The number of nitrogens with one attached hydrogen (secondary N) is 1. The fraction of sp³-hybridized carbons (Fsp3) is 0.350. The Labute approximate surface area is 333 Å². The Kier molecular flexibility index (Phi) is 11.6. The second-order valence-electron chi connectivity index (χ2n) is 14.7. The molecule has 2 N–H and O–H groups in total. The number of halogens is 2. The van der Waals surface area contributed by atoms with Crippen LogP contribution in [0.3, 0.4) is 0 Å². The number of anilines is 1. The van der Waals surface area contributed by atoms with Crippen LogP contribution in [0, 0.1) is 0 Å². The predicted octanol–water partition coefficient (Wildman–Crippen LogP) is 6.67. The molecule has 1 atom stereocenters. The highest BCUT2D eigenvalue weighted by Crippen LogP contribution is 2.42. The molecule has 0 bridgehead atoms. The van der Waals surface area contributed by atoms with Gasteiger partial charge in [-0.05, 0) is 45.4 Å².